The van der Waals surface area contributed by atoms with Gasteiger partial charge in [0, 0.05) is 6.04 Å². The van der Waals surface area contributed by atoms with Crippen LogP contribution in [0.15, 0.2) is 12.2 Å². The van der Waals surface area contributed by atoms with E-state index < -0.39 is 0 Å². The predicted octanol–water partition coefficient (Wildman–Crippen LogP) is 3.27. The van der Waals surface area contributed by atoms with Gasteiger partial charge in [0.2, 0.25) is 0 Å². The fourth-order valence-electron chi connectivity index (χ4n) is 2.68. The van der Waals surface area contributed by atoms with E-state index in [1.165, 1.54) is 57.9 Å². The van der Waals surface area contributed by atoms with E-state index in [0.717, 1.165) is 12.0 Å². The molecule has 0 heterocycles. The Kier molecular flexibility index (Phi) is 4.05. The summed E-state index contributed by atoms with van der Waals surface area (Å²) >= 11 is 0. The SMILES string of the molecule is C1=CCC(CNC2CCCCC2)CC1. The number of hydrogen-bond acceptors (Lipinski definition) is 1. The maximum absolute atomic E-state index is 3.76. The second-order valence-electron chi connectivity index (χ2n) is 4.89. The van der Waals surface area contributed by atoms with E-state index in [1.54, 1.807) is 0 Å². The van der Waals surface area contributed by atoms with E-state index in [2.05, 4.69) is 17.5 Å². The lowest BCUT2D eigenvalue weighted by Gasteiger charge is -2.26. The lowest BCUT2D eigenvalue weighted by molar-refractivity contribution is 0.337. The van der Waals surface area contributed by atoms with E-state index in [1.807, 2.05) is 0 Å². The molecule has 0 aromatic rings. The van der Waals surface area contributed by atoms with E-state index in [-0.39, 0.29) is 0 Å². The van der Waals surface area contributed by atoms with Crippen molar-refractivity contribution in [3.05, 3.63) is 12.2 Å². The lowest BCUT2D eigenvalue weighted by Crippen LogP contribution is -2.35. The second-order valence-corrected chi connectivity index (χ2v) is 4.89. The fourth-order valence-corrected chi connectivity index (χ4v) is 2.68. The van der Waals surface area contributed by atoms with Gasteiger partial charge in [-0.2, -0.15) is 0 Å². The van der Waals surface area contributed by atoms with Crippen LogP contribution in [0, 0.1) is 5.92 Å². The Balaban J connectivity index is 1.63. The zero-order valence-electron chi connectivity index (χ0n) is 9.17. The number of hydrogen-bond donors (Lipinski definition) is 1. The van der Waals surface area contributed by atoms with Crippen LogP contribution in [-0.2, 0) is 0 Å². The molecular formula is C13H23N. The van der Waals surface area contributed by atoms with Gasteiger partial charge in [-0.15, -0.1) is 0 Å². The van der Waals surface area contributed by atoms with Gasteiger partial charge in [-0.3, -0.25) is 0 Å². The van der Waals surface area contributed by atoms with Crippen LogP contribution in [0.2, 0.25) is 0 Å². The summed E-state index contributed by atoms with van der Waals surface area (Å²) in [6.45, 7) is 1.26. The van der Waals surface area contributed by atoms with Gasteiger partial charge in [0.1, 0.15) is 0 Å². The van der Waals surface area contributed by atoms with Crippen molar-refractivity contribution < 1.29 is 0 Å². The number of nitrogens with one attached hydrogen (secondary N) is 1. The van der Waals surface area contributed by atoms with E-state index in [0.29, 0.717) is 0 Å². The van der Waals surface area contributed by atoms with Crippen LogP contribution < -0.4 is 5.32 Å². The molecule has 0 aliphatic heterocycles. The Morgan fingerprint density at radius 2 is 1.86 bits per heavy atom. The Labute approximate surface area is 88.0 Å². The van der Waals surface area contributed by atoms with Crippen molar-refractivity contribution in [1.29, 1.82) is 0 Å². The Hall–Kier alpha value is -0.300. The van der Waals surface area contributed by atoms with Crippen LogP contribution >= 0.6 is 0 Å². The zero-order valence-corrected chi connectivity index (χ0v) is 9.17. The smallest absolute Gasteiger partial charge is 0.00671 e. The van der Waals surface area contributed by atoms with Gasteiger partial charge in [0.15, 0.2) is 0 Å². The number of rotatable bonds is 3. The molecule has 1 N–H and O–H groups in total. The summed E-state index contributed by atoms with van der Waals surface area (Å²) in [7, 11) is 0. The van der Waals surface area contributed by atoms with Crippen molar-refractivity contribution in [2.75, 3.05) is 6.54 Å². The molecule has 0 bridgehead atoms. The summed E-state index contributed by atoms with van der Waals surface area (Å²) < 4.78 is 0. The molecule has 1 saturated carbocycles. The second kappa shape index (κ2) is 5.55. The first-order chi connectivity index (χ1) is 6.95. The van der Waals surface area contributed by atoms with Crippen LogP contribution in [0.5, 0.6) is 0 Å². The van der Waals surface area contributed by atoms with E-state index in [9.17, 15) is 0 Å². The predicted molar refractivity (Wildman–Crippen MR) is 61.4 cm³/mol. The largest absolute Gasteiger partial charge is 0.314 e. The molecule has 0 spiro atoms. The molecular weight excluding hydrogens is 170 g/mol. The first kappa shape index (κ1) is 10.2. The van der Waals surface area contributed by atoms with Crippen LogP contribution in [0.3, 0.4) is 0 Å². The molecule has 1 unspecified atom stereocenters. The highest BCUT2D eigenvalue weighted by molar-refractivity contribution is 4.91. The van der Waals surface area contributed by atoms with Crippen molar-refractivity contribution >= 4 is 0 Å². The third-order valence-corrected chi connectivity index (χ3v) is 3.68. The summed E-state index contributed by atoms with van der Waals surface area (Å²) in [5.41, 5.74) is 0. The average molecular weight is 193 g/mol. The molecule has 1 heteroatoms. The first-order valence-electron chi connectivity index (χ1n) is 6.33. The Morgan fingerprint density at radius 1 is 1.00 bits per heavy atom. The number of allylic oxidation sites excluding steroid dienone is 2. The van der Waals surface area contributed by atoms with Crippen molar-refractivity contribution in [2.24, 2.45) is 5.92 Å². The molecule has 1 fully saturated rings. The van der Waals surface area contributed by atoms with Gasteiger partial charge in [0.05, 0.1) is 0 Å². The van der Waals surface area contributed by atoms with Gasteiger partial charge >= 0.3 is 0 Å². The minimum absolute atomic E-state index is 0.842. The van der Waals surface area contributed by atoms with Gasteiger partial charge in [-0.05, 0) is 44.6 Å². The fraction of sp³-hybridized carbons (Fsp3) is 0.846. The van der Waals surface area contributed by atoms with Crippen molar-refractivity contribution in [1.82, 2.24) is 5.32 Å². The monoisotopic (exact) mass is 193 g/mol. The topological polar surface area (TPSA) is 12.0 Å². The minimum Gasteiger partial charge on any atom is -0.314 e. The molecule has 0 saturated heterocycles. The third-order valence-electron chi connectivity index (χ3n) is 3.68. The Morgan fingerprint density at radius 3 is 2.57 bits per heavy atom. The molecule has 2 rings (SSSR count). The minimum atomic E-state index is 0.842. The molecule has 0 aromatic carbocycles. The standard InChI is InChI=1S/C13H23N/c1-3-7-12(8-4-1)11-14-13-9-5-2-6-10-13/h1,3,12-14H,2,4-11H2. The molecule has 0 aromatic heterocycles. The molecule has 80 valence electrons. The summed E-state index contributed by atoms with van der Waals surface area (Å²) in [6.07, 6.45) is 15.9. The first-order valence-corrected chi connectivity index (χ1v) is 6.33. The summed E-state index contributed by atoms with van der Waals surface area (Å²) in [5.74, 6) is 0.918. The zero-order chi connectivity index (χ0) is 9.64. The average Bonchev–Trinajstić information content (AvgIpc) is 2.29. The van der Waals surface area contributed by atoms with Gasteiger partial charge in [-0.1, -0.05) is 31.4 Å². The van der Waals surface area contributed by atoms with Crippen molar-refractivity contribution in [3.8, 4) is 0 Å². The molecule has 0 radical (unpaired) electrons. The van der Waals surface area contributed by atoms with Crippen LogP contribution in [-0.4, -0.2) is 12.6 Å². The van der Waals surface area contributed by atoms with Crippen molar-refractivity contribution in [2.45, 2.75) is 57.4 Å². The molecule has 2 aliphatic carbocycles. The quantitative estimate of drug-likeness (QED) is 0.678. The van der Waals surface area contributed by atoms with Gasteiger partial charge in [-0.25, -0.2) is 0 Å². The highest BCUT2D eigenvalue weighted by Crippen LogP contribution is 2.20. The maximum Gasteiger partial charge on any atom is 0.00671 e. The molecule has 14 heavy (non-hydrogen) atoms. The molecule has 0 amide bonds. The summed E-state index contributed by atoms with van der Waals surface area (Å²) in [6, 6.07) is 0.842. The normalized spacial score (nSPS) is 29.3. The van der Waals surface area contributed by atoms with Crippen molar-refractivity contribution in [3.63, 3.8) is 0 Å². The van der Waals surface area contributed by atoms with Crippen LogP contribution in [0.4, 0.5) is 0 Å². The lowest BCUT2D eigenvalue weighted by atomic mass is 9.92. The van der Waals surface area contributed by atoms with Crippen LogP contribution in [0.25, 0.3) is 0 Å². The molecule has 1 nitrogen and oxygen atoms in total. The highest BCUT2D eigenvalue weighted by atomic mass is 14.9. The van der Waals surface area contributed by atoms with E-state index in [4.69, 9.17) is 0 Å². The summed E-state index contributed by atoms with van der Waals surface area (Å²) in [5, 5.41) is 3.76. The Bertz CT molecular complexity index is 180. The van der Waals surface area contributed by atoms with Crippen LogP contribution in [0.1, 0.15) is 51.4 Å². The van der Waals surface area contributed by atoms with Gasteiger partial charge < -0.3 is 5.32 Å². The molecule has 2 aliphatic rings. The van der Waals surface area contributed by atoms with Gasteiger partial charge in [0.25, 0.3) is 0 Å². The maximum atomic E-state index is 3.76. The van der Waals surface area contributed by atoms with E-state index >= 15 is 0 Å². The molecule has 1 atom stereocenters. The summed E-state index contributed by atoms with van der Waals surface area (Å²) in [4.78, 5) is 0. The third kappa shape index (κ3) is 3.13. The highest BCUT2D eigenvalue weighted by Gasteiger charge is 2.15.